The molecule has 4 N–H and O–H groups in total. The van der Waals surface area contributed by atoms with Gasteiger partial charge in [-0.05, 0) is 38.1 Å². The topological polar surface area (TPSA) is 116 Å². The summed E-state index contributed by atoms with van der Waals surface area (Å²) in [5.74, 6) is 0.863. The standard InChI is InChI=1S/C26H34N4O4S2/c1-19(29-25(33)21-9-5-3-6-10-21)17-23(31)27-13-15-35-36-16-14-28-24(32)18-20(2)30-26(34)22-11-7-4-8-12-22/h3-12,19-20H,13-18H2,1-2H3,(H,27,31)(H,28,32)(H,29,33)(H,30,34). The maximum atomic E-state index is 12.1. The Balaban J connectivity index is 1.46. The highest BCUT2D eigenvalue weighted by Crippen LogP contribution is 2.19. The molecule has 0 saturated carbocycles. The van der Waals surface area contributed by atoms with Gasteiger partial charge in [0.25, 0.3) is 11.8 Å². The normalized spacial score (nSPS) is 12.2. The fraction of sp³-hybridized carbons (Fsp3) is 0.385. The molecule has 0 spiro atoms. The van der Waals surface area contributed by atoms with Gasteiger partial charge in [-0.1, -0.05) is 58.0 Å². The molecule has 0 aliphatic heterocycles. The summed E-state index contributed by atoms with van der Waals surface area (Å²) in [6, 6.07) is 17.3. The number of carbonyl (C=O) groups is 4. The lowest BCUT2D eigenvalue weighted by Gasteiger charge is -2.14. The summed E-state index contributed by atoms with van der Waals surface area (Å²) >= 11 is 0. The van der Waals surface area contributed by atoms with E-state index in [1.807, 2.05) is 12.1 Å². The summed E-state index contributed by atoms with van der Waals surface area (Å²) in [6.07, 6.45) is 0.430. The van der Waals surface area contributed by atoms with E-state index in [2.05, 4.69) is 21.3 Å². The number of rotatable bonds is 15. The lowest BCUT2D eigenvalue weighted by Crippen LogP contribution is -2.37. The molecule has 2 rings (SSSR count). The Labute approximate surface area is 220 Å². The quantitative estimate of drug-likeness (QED) is 0.208. The highest BCUT2D eigenvalue weighted by molar-refractivity contribution is 8.76. The molecule has 2 aromatic rings. The molecule has 2 unspecified atom stereocenters. The Morgan fingerprint density at radius 2 is 1.00 bits per heavy atom. The second-order valence-corrected chi connectivity index (χ2v) is 10.9. The number of benzene rings is 2. The first-order chi connectivity index (χ1) is 17.3. The summed E-state index contributed by atoms with van der Waals surface area (Å²) in [4.78, 5) is 48.4. The van der Waals surface area contributed by atoms with E-state index in [1.54, 1.807) is 84.0 Å². The minimum absolute atomic E-state index is 0.109. The Hall–Kier alpha value is -2.98. The van der Waals surface area contributed by atoms with Crippen molar-refractivity contribution in [2.45, 2.75) is 38.8 Å². The van der Waals surface area contributed by atoms with Gasteiger partial charge >= 0.3 is 0 Å². The fourth-order valence-electron chi connectivity index (χ4n) is 3.18. The number of hydrogen-bond acceptors (Lipinski definition) is 6. The third-order valence-electron chi connectivity index (χ3n) is 4.91. The molecule has 4 amide bonds. The van der Waals surface area contributed by atoms with E-state index in [-0.39, 0.29) is 48.6 Å². The van der Waals surface area contributed by atoms with Crippen LogP contribution in [0.2, 0.25) is 0 Å². The van der Waals surface area contributed by atoms with Crippen LogP contribution < -0.4 is 21.3 Å². The Bertz CT molecular complexity index is 897. The molecule has 8 nitrogen and oxygen atoms in total. The first-order valence-electron chi connectivity index (χ1n) is 11.8. The smallest absolute Gasteiger partial charge is 0.251 e. The summed E-state index contributed by atoms with van der Waals surface area (Å²) in [6.45, 7) is 4.66. The monoisotopic (exact) mass is 530 g/mol. The van der Waals surface area contributed by atoms with Crippen LogP contribution in [0.4, 0.5) is 0 Å². The van der Waals surface area contributed by atoms with Crippen LogP contribution in [0.25, 0.3) is 0 Å². The average Bonchev–Trinajstić information content (AvgIpc) is 2.86. The van der Waals surface area contributed by atoms with Crippen molar-refractivity contribution in [2.24, 2.45) is 0 Å². The molecule has 0 aliphatic rings. The van der Waals surface area contributed by atoms with E-state index in [4.69, 9.17) is 0 Å². The van der Waals surface area contributed by atoms with Gasteiger partial charge in [-0.3, -0.25) is 19.2 Å². The van der Waals surface area contributed by atoms with Crippen LogP contribution in [-0.2, 0) is 9.59 Å². The van der Waals surface area contributed by atoms with E-state index in [9.17, 15) is 19.2 Å². The van der Waals surface area contributed by atoms with Crippen LogP contribution >= 0.6 is 21.6 Å². The van der Waals surface area contributed by atoms with Crippen molar-refractivity contribution in [3.63, 3.8) is 0 Å². The maximum Gasteiger partial charge on any atom is 0.251 e. The van der Waals surface area contributed by atoms with Crippen LogP contribution in [0.15, 0.2) is 60.7 Å². The number of carbonyl (C=O) groups excluding carboxylic acids is 4. The van der Waals surface area contributed by atoms with E-state index in [0.717, 1.165) is 11.5 Å². The van der Waals surface area contributed by atoms with Crippen LogP contribution in [0.5, 0.6) is 0 Å². The first-order valence-corrected chi connectivity index (χ1v) is 14.3. The number of hydrogen-bond donors (Lipinski definition) is 4. The van der Waals surface area contributed by atoms with Crippen molar-refractivity contribution >= 4 is 45.2 Å². The molecule has 0 bridgehead atoms. The van der Waals surface area contributed by atoms with Crippen molar-refractivity contribution in [1.29, 1.82) is 0 Å². The molecule has 0 heterocycles. The molecule has 0 fully saturated rings. The largest absolute Gasteiger partial charge is 0.355 e. The van der Waals surface area contributed by atoms with E-state index < -0.39 is 0 Å². The van der Waals surface area contributed by atoms with Crippen LogP contribution in [0.1, 0.15) is 47.4 Å². The molecular weight excluding hydrogens is 496 g/mol. The molecule has 0 radical (unpaired) electrons. The van der Waals surface area contributed by atoms with Gasteiger partial charge in [-0.2, -0.15) is 0 Å². The van der Waals surface area contributed by atoms with Gasteiger partial charge in [0.2, 0.25) is 11.8 Å². The van der Waals surface area contributed by atoms with Crippen molar-refractivity contribution in [2.75, 3.05) is 24.6 Å². The molecule has 0 aliphatic carbocycles. The van der Waals surface area contributed by atoms with Crippen LogP contribution in [0, 0.1) is 0 Å². The fourth-order valence-corrected chi connectivity index (χ4v) is 4.99. The van der Waals surface area contributed by atoms with E-state index >= 15 is 0 Å². The van der Waals surface area contributed by atoms with Crippen molar-refractivity contribution in [3.8, 4) is 0 Å². The molecule has 0 aromatic heterocycles. The zero-order valence-electron chi connectivity index (χ0n) is 20.6. The second-order valence-electron chi connectivity index (χ2n) is 8.23. The van der Waals surface area contributed by atoms with Crippen molar-refractivity contribution in [1.82, 2.24) is 21.3 Å². The molecule has 0 saturated heterocycles. The molecule has 194 valence electrons. The SMILES string of the molecule is CC(CC(=O)NCCSSCCNC(=O)CC(C)NC(=O)c1ccccc1)NC(=O)c1ccccc1. The highest BCUT2D eigenvalue weighted by Gasteiger charge is 2.14. The predicted molar refractivity (Wildman–Crippen MR) is 147 cm³/mol. The Kier molecular flexibility index (Phi) is 13.5. The lowest BCUT2D eigenvalue weighted by molar-refractivity contribution is -0.122. The van der Waals surface area contributed by atoms with Gasteiger partial charge in [0.05, 0.1) is 0 Å². The van der Waals surface area contributed by atoms with Gasteiger partial charge in [0.15, 0.2) is 0 Å². The van der Waals surface area contributed by atoms with Gasteiger partial charge < -0.3 is 21.3 Å². The highest BCUT2D eigenvalue weighted by atomic mass is 33.1. The average molecular weight is 531 g/mol. The molecular formula is C26H34N4O4S2. The number of amides is 4. The predicted octanol–water partition coefficient (Wildman–Crippen LogP) is 3.02. The summed E-state index contributed by atoms with van der Waals surface area (Å²) in [5, 5.41) is 11.4. The maximum absolute atomic E-state index is 12.1. The molecule has 2 aromatic carbocycles. The third-order valence-corrected chi connectivity index (χ3v) is 7.32. The zero-order valence-corrected chi connectivity index (χ0v) is 22.3. The van der Waals surface area contributed by atoms with E-state index in [1.165, 1.54) is 0 Å². The number of nitrogens with one attached hydrogen (secondary N) is 4. The summed E-state index contributed by atoms with van der Waals surface area (Å²) in [7, 11) is 3.24. The van der Waals surface area contributed by atoms with Crippen molar-refractivity contribution in [3.05, 3.63) is 71.8 Å². The summed E-state index contributed by atoms with van der Waals surface area (Å²) in [5.41, 5.74) is 1.14. The van der Waals surface area contributed by atoms with Gasteiger partial charge in [-0.25, -0.2) is 0 Å². The molecule has 36 heavy (non-hydrogen) atoms. The van der Waals surface area contributed by atoms with Gasteiger partial charge in [-0.15, -0.1) is 0 Å². The third kappa shape index (κ3) is 12.1. The molecule has 2 atom stereocenters. The second kappa shape index (κ2) is 16.6. The Morgan fingerprint density at radius 3 is 1.36 bits per heavy atom. The minimum Gasteiger partial charge on any atom is -0.355 e. The molecule has 10 heteroatoms. The van der Waals surface area contributed by atoms with Gasteiger partial charge in [0.1, 0.15) is 0 Å². The lowest BCUT2D eigenvalue weighted by atomic mass is 10.1. The summed E-state index contributed by atoms with van der Waals surface area (Å²) < 4.78 is 0. The minimum atomic E-state index is -0.266. The van der Waals surface area contributed by atoms with Crippen molar-refractivity contribution < 1.29 is 19.2 Å². The van der Waals surface area contributed by atoms with Crippen LogP contribution in [-0.4, -0.2) is 60.3 Å². The Morgan fingerprint density at radius 1 is 0.639 bits per heavy atom. The first kappa shape index (κ1) is 29.3. The van der Waals surface area contributed by atoms with Crippen LogP contribution in [0.3, 0.4) is 0 Å². The zero-order chi connectivity index (χ0) is 26.2. The van der Waals surface area contributed by atoms with Gasteiger partial charge in [0, 0.05) is 60.6 Å². The van der Waals surface area contributed by atoms with E-state index in [0.29, 0.717) is 24.2 Å².